The first-order valence-electron chi connectivity index (χ1n) is 12.1. The molecule has 1 heterocycles. The van der Waals surface area contributed by atoms with Crippen molar-refractivity contribution in [2.45, 2.75) is 44.9 Å². The number of nitrogens with zero attached hydrogens (tertiary/aromatic N) is 2. The Bertz CT molecular complexity index is 1390. The summed E-state index contributed by atoms with van der Waals surface area (Å²) in [5.74, 6) is 1.30. The van der Waals surface area contributed by atoms with Crippen molar-refractivity contribution < 1.29 is 9.53 Å². The third-order valence-corrected chi connectivity index (χ3v) is 6.96. The molecule has 0 saturated heterocycles. The van der Waals surface area contributed by atoms with Gasteiger partial charge in [0.15, 0.2) is 0 Å². The molecule has 4 aromatic rings. The second kappa shape index (κ2) is 9.74. The van der Waals surface area contributed by atoms with Gasteiger partial charge in [-0.2, -0.15) is 0 Å². The van der Waals surface area contributed by atoms with Gasteiger partial charge in [-0.3, -0.25) is 4.79 Å². The van der Waals surface area contributed by atoms with Crippen molar-refractivity contribution in [3.8, 4) is 16.9 Å². The Labute approximate surface area is 205 Å². The van der Waals surface area contributed by atoms with Crippen LogP contribution in [-0.4, -0.2) is 23.0 Å². The molecule has 1 aliphatic carbocycles. The third kappa shape index (κ3) is 4.83. The van der Waals surface area contributed by atoms with E-state index in [2.05, 4.69) is 27.4 Å². The lowest BCUT2D eigenvalue weighted by atomic mass is 9.84. The molecule has 0 bridgehead atoms. The monoisotopic (exact) mass is 466 g/mol. The van der Waals surface area contributed by atoms with Crippen LogP contribution in [0.2, 0.25) is 0 Å². The lowest BCUT2D eigenvalue weighted by Crippen LogP contribution is -2.14. The number of nitrogens with two attached hydrogens (primary N) is 1. The van der Waals surface area contributed by atoms with Crippen molar-refractivity contribution in [2.24, 2.45) is 0 Å². The van der Waals surface area contributed by atoms with E-state index >= 15 is 0 Å². The first-order valence-corrected chi connectivity index (χ1v) is 12.1. The second-order valence-electron chi connectivity index (χ2n) is 9.28. The summed E-state index contributed by atoms with van der Waals surface area (Å²) in [6, 6.07) is 17.9. The van der Waals surface area contributed by atoms with Crippen LogP contribution in [0.3, 0.4) is 0 Å². The number of rotatable bonds is 5. The Hall–Kier alpha value is -3.93. The number of ether oxygens (including phenoxy) is 1. The van der Waals surface area contributed by atoms with E-state index in [9.17, 15) is 4.79 Å². The molecule has 35 heavy (non-hydrogen) atoms. The minimum Gasteiger partial charge on any atom is -0.495 e. The van der Waals surface area contributed by atoms with Crippen molar-refractivity contribution in [1.29, 1.82) is 0 Å². The molecule has 5 rings (SSSR count). The number of carbonyl (C=O) groups excluding carboxylic acids is 1. The molecular formula is C29H30N4O2. The van der Waals surface area contributed by atoms with Gasteiger partial charge in [0.25, 0.3) is 5.91 Å². The average molecular weight is 467 g/mol. The molecule has 0 unspecified atom stereocenters. The highest BCUT2D eigenvalue weighted by Gasteiger charge is 2.18. The number of carbonyl (C=O) groups is 1. The van der Waals surface area contributed by atoms with Gasteiger partial charge in [0.05, 0.1) is 18.3 Å². The molecule has 0 spiro atoms. The number of hydrogen-bond donors (Lipinski definition) is 2. The zero-order chi connectivity index (χ0) is 24.4. The molecule has 3 aromatic carbocycles. The van der Waals surface area contributed by atoms with Crippen LogP contribution >= 0.6 is 0 Å². The minimum atomic E-state index is -0.165. The van der Waals surface area contributed by atoms with Crippen molar-refractivity contribution in [1.82, 2.24) is 9.97 Å². The summed E-state index contributed by atoms with van der Waals surface area (Å²) in [6.45, 7) is 2.04. The molecule has 0 aliphatic heterocycles. The summed E-state index contributed by atoms with van der Waals surface area (Å²) in [5.41, 5.74) is 12.1. The molecule has 0 radical (unpaired) electrons. The number of anilines is 2. The van der Waals surface area contributed by atoms with E-state index in [1.807, 2.05) is 49.4 Å². The van der Waals surface area contributed by atoms with Crippen LogP contribution in [-0.2, 0) is 0 Å². The van der Waals surface area contributed by atoms with E-state index in [4.69, 9.17) is 10.5 Å². The van der Waals surface area contributed by atoms with Crippen molar-refractivity contribution in [2.75, 3.05) is 18.2 Å². The van der Waals surface area contributed by atoms with Crippen LogP contribution in [0.15, 0.2) is 60.8 Å². The molecule has 0 atom stereocenters. The Morgan fingerprint density at radius 1 is 1.03 bits per heavy atom. The largest absolute Gasteiger partial charge is 0.495 e. The number of nitrogen functional groups attached to an aromatic ring is 1. The SMILES string of the molecule is COc1ccc(C2CCCCC2)cc1NC(=O)c1ccc(C)c(-c2ccc3nc(N)ncc3c2)c1. The second-order valence-corrected chi connectivity index (χ2v) is 9.28. The van der Waals surface area contributed by atoms with Crippen molar-refractivity contribution >= 4 is 28.4 Å². The Balaban J connectivity index is 1.44. The molecule has 6 heteroatoms. The van der Waals surface area contributed by atoms with Crippen LogP contribution in [0.25, 0.3) is 22.0 Å². The maximum absolute atomic E-state index is 13.3. The first kappa shape index (κ1) is 22.8. The van der Waals surface area contributed by atoms with E-state index in [0.717, 1.165) is 27.6 Å². The molecule has 1 fully saturated rings. The van der Waals surface area contributed by atoms with Gasteiger partial charge in [-0.05, 0) is 84.3 Å². The summed E-state index contributed by atoms with van der Waals surface area (Å²) >= 11 is 0. The number of nitrogens with one attached hydrogen (secondary N) is 1. The topological polar surface area (TPSA) is 90.1 Å². The number of fused-ring (bicyclic) bond motifs is 1. The fourth-order valence-electron chi connectivity index (χ4n) is 5.00. The van der Waals surface area contributed by atoms with Crippen LogP contribution in [0, 0.1) is 6.92 Å². The molecule has 1 amide bonds. The number of hydrogen-bond acceptors (Lipinski definition) is 5. The quantitative estimate of drug-likeness (QED) is 0.350. The van der Waals surface area contributed by atoms with E-state index < -0.39 is 0 Å². The van der Waals surface area contributed by atoms with Gasteiger partial charge in [0, 0.05) is 17.1 Å². The number of methoxy groups -OCH3 is 1. The van der Waals surface area contributed by atoms with Crippen molar-refractivity contribution in [3.05, 3.63) is 77.5 Å². The number of aromatic nitrogens is 2. The molecular weight excluding hydrogens is 436 g/mol. The normalized spacial score (nSPS) is 14.1. The van der Waals surface area contributed by atoms with Crippen LogP contribution in [0.4, 0.5) is 11.6 Å². The molecule has 1 aromatic heterocycles. The maximum Gasteiger partial charge on any atom is 0.255 e. The van der Waals surface area contributed by atoms with Gasteiger partial charge in [0.2, 0.25) is 5.95 Å². The Morgan fingerprint density at radius 3 is 2.66 bits per heavy atom. The number of aryl methyl sites for hydroxylation is 1. The van der Waals surface area contributed by atoms with E-state index in [1.165, 1.54) is 37.7 Å². The standard InChI is InChI=1S/C29H30N4O2/c1-18-8-9-22(15-24(18)21-10-12-25-23(14-21)17-31-29(30)33-25)28(34)32-26-16-20(11-13-27(26)35-2)19-6-4-3-5-7-19/h8-17,19H,3-7H2,1-2H3,(H,32,34)(H2,30,31,33). The van der Waals surface area contributed by atoms with Gasteiger partial charge >= 0.3 is 0 Å². The predicted octanol–water partition coefficient (Wildman–Crippen LogP) is 6.50. The summed E-state index contributed by atoms with van der Waals surface area (Å²) in [4.78, 5) is 21.7. The van der Waals surface area contributed by atoms with Crippen LogP contribution < -0.4 is 15.8 Å². The Morgan fingerprint density at radius 2 is 1.86 bits per heavy atom. The van der Waals surface area contributed by atoms with Crippen LogP contribution in [0.1, 0.15) is 59.5 Å². The van der Waals surface area contributed by atoms with E-state index in [0.29, 0.717) is 22.9 Å². The third-order valence-electron chi connectivity index (χ3n) is 6.96. The molecule has 1 saturated carbocycles. The highest BCUT2D eigenvalue weighted by Crippen LogP contribution is 2.36. The molecule has 3 N–H and O–H groups in total. The zero-order valence-corrected chi connectivity index (χ0v) is 20.2. The number of benzene rings is 3. The molecule has 178 valence electrons. The lowest BCUT2D eigenvalue weighted by molar-refractivity contribution is 0.102. The van der Waals surface area contributed by atoms with Gasteiger partial charge in [-0.25, -0.2) is 9.97 Å². The lowest BCUT2D eigenvalue weighted by Gasteiger charge is -2.23. The smallest absolute Gasteiger partial charge is 0.255 e. The predicted molar refractivity (Wildman–Crippen MR) is 141 cm³/mol. The highest BCUT2D eigenvalue weighted by atomic mass is 16.5. The Kier molecular flexibility index (Phi) is 6.36. The summed E-state index contributed by atoms with van der Waals surface area (Å²) in [5, 5.41) is 3.99. The van der Waals surface area contributed by atoms with Gasteiger partial charge in [-0.1, -0.05) is 37.5 Å². The van der Waals surface area contributed by atoms with Gasteiger partial charge < -0.3 is 15.8 Å². The van der Waals surface area contributed by atoms with Crippen LogP contribution in [0.5, 0.6) is 5.75 Å². The molecule has 6 nitrogen and oxygen atoms in total. The fraction of sp³-hybridized carbons (Fsp3) is 0.276. The average Bonchev–Trinajstić information content (AvgIpc) is 2.89. The van der Waals surface area contributed by atoms with Gasteiger partial charge in [-0.15, -0.1) is 0 Å². The van der Waals surface area contributed by atoms with E-state index in [-0.39, 0.29) is 11.9 Å². The van der Waals surface area contributed by atoms with E-state index in [1.54, 1.807) is 13.3 Å². The zero-order valence-electron chi connectivity index (χ0n) is 20.2. The summed E-state index contributed by atoms with van der Waals surface area (Å²) in [6.07, 6.45) is 7.95. The van der Waals surface area contributed by atoms with Gasteiger partial charge in [0.1, 0.15) is 5.75 Å². The van der Waals surface area contributed by atoms with Crippen molar-refractivity contribution in [3.63, 3.8) is 0 Å². The first-order chi connectivity index (χ1) is 17.0. The fourth-order valence-corrected chi connectivity index (χ4v) is 5.00. The summed E-state index contributed by atoms with van der Waals surface area (Å²) in [7, 11) is 1.63. The summed E-state index contributed by atoms with van der Waals surface area (Å²) < 4.78 is 5.55. The minimum absolute atomic E-state index is 0.165. The maximum atomic E-state index is 13.3. The molecule has 1 aliphatic rings. The number of amides is 1. The highest BCUT2D eigenvalue weighted by molar-refractivity contribution is 6.06.